The van der Waals surface area contributed by atoms with Crippen LogP contribution >= 0.6 is 0 Å². The summed E-state index contributed by atoms with van der Waals surface area (Å²) in [6, 6.07) is 16.6. The highest BCUT2D eigenvalue weighted by Crippen LogP contribution is 2.36. The predicted molar refractivity (Wildman–Crippen MR) is 72.0 cm³/mol. The fraction of sp³-hybridized carbons (Fsp3) is 0.143. The first-order chi connectivity index (χ1) is 8.27. The van der Waals surface area contributed by atoms with Crippen LogP contribution in [0.1, 0.15) is 5.56 Å². The molecule has 0 unspecified atom stereocenters. The first-order valence-corrected chi connectivity index (χ1v) is 5.81. The molecule has 0 saturated carbocycles. The van der Waals surface area contributed by atoms with Crippen LogP contribution in [0.5, 0.6) is 5.75 Å². The maximum absolute atomic E-state index is 6.06. The third kappa shape index (κ3) is 1.59. The van der Waals surface area contributed by atoms with Crippen LogP contribution < -0.4 is 14.9 Å². The Bertz CT molecular complexity index is 541. The fourth-order valence-electron chi connectivity index (χ4n) is 2.29. The number of hydrogen-bond donors (Lipinski definition) is 0. The van der Waals surface area contributed by atoms with Gasteiger partial charge in [0.2, 0.25) is 0 Å². The largest absolute Gasteiger partial charge is 0.536 e. The standard InChI is InChI=1S/C14H14BNO/c1-11-7-6-10-13-14(11)17-15(16(13)2)12-8-4-3-5-9-12/h3-10H,1-2H3. The number of benzene rings is 2. The SMILES string of the molecule is Cc1cccc2c1OB(c1ccccc1)N2C. The number of anilines is 1. The molecule has 0 saturated heterocycles. The summed E-state index contributed by atoms with van der Waals surface area (Å²) < 4.78 is 6.06. The zero-order valence-electron chi connectivity index (χ0n) is 10.1. The fourth-order valence-corrected chi connectivity index (χ4v) is 2.29. The summed E-state index contributed by atoms with van der Waals surface area (Å²) in [5, 5.41) is 0. The van der Waals surface area contributed by atoms with Gasteiger partial charge in [0, 0.05) is 0 Å². The Morgan fingerprint density at radius 1 is 1.00 bits per heavy atom. The molecule has 0 aliphatic carbocycles. The van der Waals surface area contributed by atoms with Crippen LogP contribution in [0.25, 0.3) is 0 Å². The molecule has 2 aromatic carbocycles. The summed E-state index contributed by atoms with van der Waals surface area (Å²) in [7, 11) is 2.07. The summed E-state index contributed by atoms with van der Waals surface area (Å²) in [5.74, 6) is 1.00. The zero-order valence-corrected chi connectivity index (χ0v) is 10.1. The zero-order chi connectivity index (χ0) is 11.8. The highest BCUT2D eigenvalue weighted by atomic mass is 16.5. The molecule has 0 bridgehead atoms. The number of para-hydroxylation sites is 1. The van der Waals surface area contributed by atoms with Gasteiger partial charge in [0.15, 0.2) is 0 Å². The summed E-state index contributed by atoms with van der Waals surface area (Å²) in [6.07, 6.45) is 0. The molecule has 3 heteroatoms. The van der Waals surface area contributed by atoms with Crippen molar-refractivity contribution in [3.05, 3.63) is 54.1 Å². The molecule has 0 radical (unpaired) electrons. The van der Waals surface area contributed by atoms with E-state index in [4.69, 9.17) is 4.65 Å². The lowest BCUT2D eigenvalue weighted by Gasteiger charge is -2.15. The van der Waals surface area contributed by atoms with Gasteiger partial charge in [0.1, 0.15) is 5.75 Å². The molecular formula is C14H14BNO. The molecule has 1 aliphatic heterocycles. The van der Waals surface area contributed by atoms with E-state index in [0.29, 0.717) is 0 Å². The van der Waals surface area contributed by atoms with Crippen molar-refractivity contribution >= 4 is 18.2 Å². The highest BCUT2D eigenvalue weighted by molar-refractivity contribution is 6.73. The van der Waals surface area contributed by atoms with E-state index < -0.39 is 0 Å². The van der Waals surface area contributed by atoms with E-state index in [-0.39, 0.29) is 7.05 Å². The first-order valence-electron chi connectivity index (χ1n) is 5.81. The Labute approximate surface area is 102 Å². The van der Waals surface area contributed by atoms with Crippen LogP contribution in [0.15, 0.2) is 48.5 Å². The third-order valence-corrected chi connectivity index (χ3v) is 3.24. The average Bonchev–Trinajstić information content (AvgIpc) is 2.70. The Morgan fingerprint density at radius 2 is 1.76 bits per heavy atom. The highest BCUT2D eigenvalue weighted by Gasteiger charge is 2.36. The van der Waals surface area contributed by atoms with Crippen LogP contribution in [0.2, 0.25) is 0 Å². The Kier molecular flexibility index (Phi) is 2.32. The number of fused-ring (bicyclic) bond motifs is 1. The Morgan fingerprint density at radius 3 is 2.47 bits per heavy atom. The minimum atomic E-state index is -0.00713. The van der Waals surface area contributed by atoms with Crippen LogP contribution in [0.3, 0.4) is 0 Å². The number of nitrogens with zero attached hydrogens (tertiary/aromatic N) is 1. The van der Waals surface area contributed by atoms with E-state index in [9.17, 15) is 0 Å². The van der Waals surface area contributed by atoms with Gasteiger partial charge in [-0.3, -0.25) is 0 Å². The van der Waals surface area contributed by atoms with Crippen molar-refractivity contribution < 1.29 is 4.65 Å². The van der Waals surface area contributed by atoms with Gasteiger partial charge in [-0.1, -0.05) is 42.5 Å². The second-order valence-corrected chi connectivity index (χ2v) is 4.41. The van der Waals surface area contributed by atoms with Crippen molar-refractivity contribution in [3.63, 3.8) is 0 Å². The van der Waals surface area contributed by atoms with E-state index in [1.165, 1.54) is 16.7 Å². The molecule has 0 fully saturated rings. The summed E-state index contributed by atoms with van der Waals surface area (Å²) in [5.41, 5.74) is 3.54. The van der Waals surface area contributed by atoms with E-state index in [1.807, 2.05) is 18.2 Å². The van der Waals surface area contributed by atoms with Crippen molar-refractivity contribution in [3.8, 4) is 5.75 Å². The quantitative estimate of drug-likeness (QED) is 0.687. The van der Waals surface area contributed by atoms with E-state index in [2.05, 4.69) is 49.1 Å². The minimum Gasteiger partial charge on any atom is -0.536 e. The molecule has 2 nitrogen and oxygen atoms in total. The minimum absolute atomic E-state index is 0.00713. The van der Waals surface area contributed by atoms with Crippen LogP contribution in [0, 0.1) is 6.92 Å². The van der Waals surface area contributed by atoms with Gasteiger partial charge in [0.05, 0.1) is 5.69 Å². The van der Waals surface area contributed by atoms with Gasteiger partial charge in [-0.05, 0) is 31.1 Å². The van der Waals surface area contributed by atoms with Crippen LogP contribution in [-0.2, 0) is 0 Å². The van der Waals surface area contributed by atoms with Gasteiger partial charge < -0.3 is 9.47 Å². The molecule has 2 aromatic rings. The van der Waals surface area contributed by atoms with Gasteiger partial charge in [-0.2, -0.15) is 0 Å². The summed E-state index contributed by atoms with van der Waals surface area (Å²) in [6.45, 7) is 2.08. The lowest BCUT2D eigenvalue weighted by molar-refractivity contribution is 0.597. The molecule has 0 amide bonds. The van der Waals surface area contributed by atoms with Gasteiger partial charge in [-0.25, -0.2) is 0 Å². The number of aryl methyl sites for hydroxylation is 1. The van der Waals surface area contributed by atoms with Gasteiger partial charge >= 0.3 is 7.05 Å². The molecule has 1 aliphatic rings. The molecule has 1 heterocycles. The Balaban J connectivity index is 2.02. The number of rotatable bonds is 1. The summed E-state index contributed by atoms with van der Waals surface area (Å²) in [4.78, 5) is 2.18. The first kappa shape index (κ1) is 10.3. The van der Waals surface area contributed by atoms with Crippen LogP contribution in [-0.4, -0.2) is 14.1 Å². The maximum atomic E-state index is 6.06. The van der Waals surface area contributed by atoms with Gasteiger partial charge in [0.25, 0.3) is 0 Å². The molecular weight excluding hydrogens is 209 g/mol. The lowest BCUT2D eigenvalue weighted by Crippen LogP contribution is -2.47. The molecule has 0 atom stereocenters. The lowest BCUT2D eigenvalue weighted by atomic mass is 9.72. The van der Waals surface area contributed by atoms with E-state index in [1.54, 1.807) is 0 Å². The topological polar surface area (TPSA) is 12.5 Å². The molecule has 84 valence electrons. The van der Waals surface area contributed by atoms with Crippen LogP contribution in [0.4, 0.5) is 5.69 Å². The molecule has 3 rings (SSSR count). The van der Waals surface area contributed by atoms with Crippen molar-refractivity contribution in [2.45, 2.75) is 6.92 Å². The second-order valence-electron chi connectivity index (χ2n) is 4.41. The van der Waals surface area contributed by atoms with Gasteiger partial charge in [-0.15, -0.1) is 0 Å². The van der Waals surface area contributed by atoms with E-state index in [0.717, 1.165) is 5.75 Å². The predicted octanol–water partition coefficient (Wildman–Crippen LogP) is 2.22. The Hall–Kier alpha value is -1.90. The smallest absolute Gasteiger partial charge is 0.519 e. The van der Waals surface area contributed by atoms with Crippen molar-refractivity contribution in [2.75, 3.05) is 11.9 Å². The molecule has 0 aromatic heterocycles. The molecule has 0 spiro atoms. The second kappa shape index (κ2) is 3.84. The molecule has 17 heavy (non-hydrogen) atoms. The monoisotopic (exact) mass is 223 g/mol. The van der Waals surface area contributed by atoms with Crippen molar-refractivity contribution in [2.24, 2.45) is 0 Å². The average molecular weight is 223 g/mol. The number of hydrogen-bond acceptors (Lipinski definition) is 2. The summed E-state index contributed by atoms with van der Waals surface area (Å²) >= 11 is 0. The third-order valence-electron chi connectivity index (χ3n) is 3.24. The maximum Gasteiger partial charge on any atom is 0.519 e. The van der Waals surface area contributed by atoms with E-state index >= 15 is 0 Å². The van der Waals surface area contributed by atoms with Crippen molar-refractivity contribution in [1.82, 2.24) is 0 Å². The van der Waals surface area contributed by atoms with Crippen molar-refractivity contribution in [1.29, 1.82) is 0 Å². The molecule has 0 N–H and O–H groups in total. The normalized spacial score (nSPS) is 13.5.